The van der Waals surface area contributed by atoms with E-state index in [4.69, 9.17) is 0 Å². The molecular formula is C13H15BO2. The van der Waals surface area contributed by atoms with Crippen molar-refractivity contribution >= 4 is 18.3 Å². The van der Waals surface area contributed by atoms with Crippen molar-refractivity contribution in [2.24, 2.45) is 0 Å². The highest BCUT2D eigenvalue weighted by atomic mass is 17.2. The van der Waals surface area contributed by atoms with E-state index >= 15 is 0 Å². The Balaban J connectivity index is 0.000000138. The normalized spacial score (nSPS) is 14.8. The van der Waals surface area contributed by atoms with Gasteiger partial charge in [0.05, 0.1) is 6.61 Å². The molecule has 82 valence electrons. The monoisotopic (exact) mass is 214 g/mol. The van der Waals surface area contributed by atoms with Gasteiger partial charge >= 0.3 is 7.48 Å². The summed E-state index contributed by atoms with van der Waals surface area (Å²) in [4.78, 5) is 9.14. The fourth-order valence-corrected chi connectivity index (χ4v) is 1.57. The molecular weight excluding hydrogens is 199 g/mol. The van der Waals surface area contributed by atoms with Crippen molar-refractivity contribution in [2.75, 3.05) is 6.61 Å². The van der Waals surface area contributed by atoms with Gasteiger partial charge in [-0.2, -0.15) is 0 Å². The van der Waals surface area contributed by atoms with Crippen LogP contribution >= 0.6 is 0 Å². The average molecular weight is 214 g/mol. The van der Waals surface area contributed by atoms with Crippen molar-refractivity contribution in [3.8, 4) is 0 Å². The van der Waals surface area contributed by atoms with Crippen LogP contribution in [0.25, 0.3) is 10.8 Å². The zero-order valence-corrected chi connectivity index (χ0v) is 9.26. The van der Waals surface area contributed by atoms with E-state index in [9.17, 15) is 0 Å². The van der Waals surface area contributed by atoms with Gasteiger partial charge in [-0.15, -0.1) is 0 Å². The molecule has 0 aromatic heterocycles. The van der Waals surface area contributed by atoms with Crippen LogP contribution in [0.2, 0.25) is 6.32 Å². The summed E-state index contributed by atoms with van der Waals surface area (Å²) >= 11 is 0. The molecule has 0 amide bonds. The number of hydrogen-bond acceptors (Lipinski definition) is 2. The summed E-state index contributed by atoms with van der Waals surface area (Å²) in [6, 6.07) is 16.7. The minimum atomic E-state index is 0.778. The van der Waals surface area contributed by atoms with E-state index in [0.717, 1.165) is 26.8 Å². The molecule has 0 bridgehead atoms. The Bertz CT molecular complexity index is 350. The van der Waals surface area contributed by atoms with Gasteiger partial charge in [0.25, 0.3) is 0 Å². The van der Waals surface area contributed by atoms with E-state index in [-0.39, 0.29) is 0 Å². The molecule has 1 aliphatic heterocycles. The predicted octanol–water partition coefficient (Wildman–Crippen LogP) is 2.95. The van der Waals surface area contributed by atoms with Crippen molar-refractivity contribution in [2.45, 2.75) is 12.7 Å². The molecule has 0 atom stereocenters. The maximum Gasteiger partial charge on any atom is 0.323 e. The summed E-state index contributed by atoms with van der Waals surface area (Å²) in [7, 11) is 0.778. The summed E-state index contributed by atoms with van der Waals surface area (Å²) in [5.74, 6) is 0. The van der Waals surface area contributed by atoms with Gasteiger partial charge < -0.3 is 4.81 Å². The van der Waals surface area contributed by atoms with Gasteiger partial charge in [0.2, 0.25) is 0 Å². The number of benzene rings is 2. The number of rotatable bonds is 0. The quantitative estimate of drug-likeness (QED) is 0.495. The van der Waals surface area contributed by atoms with Crippen LogP contribution in [0, 0.1) is 0 Å². The lowest BCUT2D eigenvalue weighted by atomic mass is 9.93. The Kier molecular flexibility index (Phi) is 4.41. The second-order valence-corrected chi connectivity index (χ2v) is 3.70. The first-order valence-corrected chi connectivity index (χ1v) is 5.65. The molecule has 0 saturated carbocycles. The molecule has 1 fully saturated rings. The van der Waals surface area contributed by atoms with Gasteiger partial charge in [-0.3, -0.25) is 4.89 Å². The van der Waals surface area contributed by atoms with Crippen molar-refractivity contribution in [1.82, 2.24) is 0 Å². The van der Waals surface area contributed by atoms with E-state index in [0.29, 0.717) is 0 Å². The first-order valence-electron chi connectivity index (χ1n) is 5.65. The van der Waals surface area contributed by atoms with Gasteiger partial charge in [-0.1, -0.05) is 48.5 Å². The van der Waals surface area contributed by atoms with Gasteiger partial charge in [0, 0.05) is 0 Å². The molecule has 3 heteroatoms. The zero-order chi connectivity index (χ0) is 11.1. The molecule has 2 nitrogen and oxygen atoms in total. The second kappa shape index (κ2) is 6.31. The summed E-state index contributed by atoms with van der Waals surface area (Å²) < 4.78 is 0. The molecule has 16 heavy (non-hydrogen) atoms. The smallest absolute Gasteiger partial charge is 0.310 e. The number of hydrogen-bond donors (Lipinski definition) is 0. The Morgan fingerprint density at radius 1 is 0.875 bits per heavy atom. The molecule has 0 unspecified atom stereocenters. The Morgan fingerprint density at radius 3 is 1.69 bits per heavy atom. The second-order valence-electron chi connectivity index (χ2n) is 3.70. The third kappa shape index (κ3) is 3.37. The van der Waals surface area contributed by atoms with Crippen LogP contribution in [-0.4, -0.2) is 14.1 Å². The first kappa shape index (κ1) is 11.2. The fraction of sp³-hybridized carbons (Fsp3) is 0.231. The van der Waals surface area contributed by atoms with Crippen LogP contribution in [0.4, 0.5) is 0 Å². The average Bonchev–Trinajstić information content (AvgIpc) is 2.42. The first-order chi connectivity index (χ1) is 7.97. The maximum absolute atomic E-state index is 4.57. The third-order valence-electron chi connectivity index (χ3n) is 2.45. The van der Waals surface area contributed by atoms with E-state index in [1.165, 1.54) is 10.8 Å². The summed E-state index contributed by atoms with van der Waals surface area (Å²) in [5.41, 5.74) is 0. The molecule has 0 radical (unpaired) electrons. The fourth-order valence-electron chi connectivity index (χ4n) is 1.57. The van der Waals surface area contributed by atoms with Crippen LogP contribution in [0.5, 0.6) is 0 Å². The molecule has 1 heterocycles. The SMILES string of the molecule is B1CCCOO1.c1ccc2ccccc2c1. The Hall–Kier alpha value is -1.32. The highest BCUT2D eigenvalue weighted by molar-refractivity contribution is 6.26. The van der Waals surface area contributed by atoms with E-state index in [1.807, 2.05) is 0 Å². The van der Waals surface area contributed by atoms with Crippen LogP contribution in [-0.2, 0) is 9.69 Å². The van der Waals surface area contributed by atoms with Crippen LogP contribution in [0.1, 0.15) is 6.42 Å². The molecule has 0 aliphatic carbocycles. The van der Waals surface area contributed by atoms with Crippen molar-refractivity contribution in [3.05, 3.63) is 48.5 Å². The topological polar surface area (TPSA) is 18.5 Å². The van der Waals surface area contributed by atoms with Crippen molar-refractivity contribution < 1.29 is 9.69 Å². The van der Waals surface area contributed by atoms with Gasteiger partial charge in [-0.05, 0) is 23.5 Å². The van der Waals surface area contributed by atoms with Crippen LogP contribution in [0.3, 0.4) is 0 Å². The lowest BCUT2D eigenvalue weighted by Gasteiger charge is -2.06. The summed E-state index contributed by atoms with van der Waals surface area (Å²) in [6.07, 6.45) is 2.31. The molecule has 3 rings (SSSR count). The van der Waals surface area contributed by atoms with Gasteiger partial charge in [-0.25, -0.2) is 0 Å². The molecule has 0 N–H and O–H groups in total. The minimum Gasteiger partial charge on any atom is -0.310 e. The van der Waals surface area contributed by atoms with Crippen molar-refractivity contribution in [1.29, 1.82) is 0 Å². The standard InChI is InChI=1S/C10H8.C3H7BO2/c1-2-6-10-8-4-3-7-9(10)5-1;1-2-4-6-5-3-1/h1-8H;4H,1-3H2. The highest BCUT2D eigenvalue weighted by Crippen LogP contribution is 2.11. The van der Waals surface area contributed by atoms with Gasteiger partial charge in [0.15, 0.2) is 0 Å². The highest BCUT2D eigenvalue weighted by Gasteiger charge is 1.99. The number of fused-ring (bicyclic) bond motifs is 1. The third-order valence-corrected chi connectivity index (χ3v) is 2.45. The van der Waals surface area contributed by atoms with E-state index < -0.39 is 0 Å². The summed E-state index contributed by atoms with van der Waals surface area (Å²) in [5, 5.41) is 2.62. The molecule has 1 aliphatic rings. The molecule has 0 spiro atoms. The molecule has 1 saturated heterocycles. The van der Waals surface area contributed by atoms with E-state index in [2.05, 4.69) is 58.2 Å². The lowest BCUT2D eigenvalue weighted by Crippen LogP contribution is -2.08. The zero-order valence-electron chi connectivity index (χ0n) is 9.26. The summed E-state index contributed by atoms with van der Waals surface area (Å²) in [6.45, 7) is 0.778. The lowest BCUT2D eigenvalue weighted by molar-refractivity contribution is -0.216. The van der Waals surface area contributed by atoms with Crippen molar-refractivity contribution in [3.63, 3.8) is 0 Å². The Labute approximate surface area is 96.4 Å². The molecule has 2 aromatic rings. The van der Waals surface area contributed by atoms with Crippen LogP contribution in [0.15, 0.2) is 48.5 Å². The Morgan fingerprint density at radius 2 is 1.44 bits per heavy atom. The molecule has 2 aromatic carbocycles. The van der Waals surface area contributed by atoms with E-state index in [1.54, 1.807) is 0 Å². The minimum absolute atomic E-state index is 0.778. The maximum atomic E-state index is 4.57. The van der Waals surface area contributed by atoms with Crippen LogP contribution < -0.4 is 0 Å². The van der Waals surface area contributed by atoms with Gasteiger partial charge in [0.1, 0.15) is 0 Å². The largest absolute Gasteiger partial charge is 0.323 e. The predicted molar refractivity (Wildman–Crippen MR) is 67.6 cm³/mol.